The molecule has 0 saturated carbocycles. The van der Waals surface area contributed by atoms with E-state index in [0.29, 0.717) is 0 Å². The maximum absolute atomic E-state index is 5.65. The molecule has 2 aromatic rings. The van der Waals surface area contributed by atoms with E-state index in [9.17, 15) is 0 Å². The molecule has 0 radical (unpaired) electrons. The van der Waals surface area contributed by atoms with Gasteiger partial charge in [0.15, 0.2) is 0 Å². The number of rotatable bonds is 3. The molecule has 0 aromatic heterocycles. The molecule has 0 aliphatic rings. The zero-order chi connectivity index (χ0) is 11.4. The Labute approximate surface area is 95.0 Å². The van der Waals surface area contributed by atoms with E-state index >= 15 is 0 Å². The van der Waals surface area contributed by atoms with Gasteiger partial charge in [0.1, 0.15) is 0 Å². The highest BCUT2D eigenvalue weighted by Gasteiger charge is 2.07. The number of nitrogen functional groups attached to an aromatic ring is 1. The second kappa shape index (κ2) is 4.68. The van der Waals surface area contributed by atoms with E-state index in [4.69, 9.17) is 10.6 Å². The number of hydrogen-bond donors (Lipinski definition) is 1. The third kappa shape index (κ3) is 2.15. The summed E-state index contributed by atoms with van der Waals surface area (Å²) in [6, 6.07) is 17.4. The molecule has 0 amide bonds. The molecule has 82 valence electrons. The van der Waals surface area contributed by atoms with Crippen LogP contribution >= 0.6 is 0 Å². The van der Waals surface area contributed by atoms with Gasteiger partial charge in [-0.15, -0.1) is 0 Å². The molecule has 0 unspecified atom stereocenters. The molecule has 2 aromatic carbocycles. The zero-order valence-electron chi connectivity index (χ0n) is 9.13. The number of para-hydroxylation sites is 1. The van der Waals surface area contributed by atoms with Gasteiger partial charge in [-0.1, -0.05) is 18.2 Å². The van der Waals surface area contributed by atoms with Crippen LogP contribution in [0.3, 0.4) is 0 Å². The van der Waals surface area contributed by atoms with Crippen molar-refractivity contribution in [2.45, 2.75) is 0 Å². The highest BCUT2D eigenvalue weighted by molar-refractivity contribution is 5.62. The molecule has 16 heavy (non-hydrogen) atoms. The fourth-order valence-electron chi connectivity index (χ4n) is 1.53. The van der Waals surface area contributed by atoms with Crippen LogP contribution < -0.4 is 10.8 Å². The number of hydrogen-bond acceptors (Lipinski definition) is 3. The molecule has 2 N–H and O–H groups in total. The van der Waals surface area contributed by atoms with Crippen LogP contribution in [0.25, 0.3) is 0 Å². The van der Waals surface area contributed by atoms with Gasteiger partial charge in [-0.2, -0.15) is 0 Å². The molecule has 0 bridgehead atoms. The summed E-state index contributed by atoms with van der Waals surface area (Å²) in [5.41, 5.74) is 8.32. The van der Waals surface area contributed by atoms with Gasteiger partial charge in [0.25, 0.3) is 0 Å². The Bertz CT molecular complexity index is 439. The zero-order valence-corrected chi connectivity index (χ0v) is 9.13. The Morgan fingerprint density at radius 3 is 2.00 bits per heavy atom. The van der Waals surface area contributed by atoms with E-state index in [-0.39, 0.29) is 0 Å². The molecule has 0 heterocycles. The van der Waals surface area contributed by atoms with Crippen molar-refractivity contribution in [1.82, 2.24) is 0 Å². The predicted octanol–water partition coefficient (Wildman–Crippen LogP) is 2.97. The third-order valence-electron chi connectivity index (χ3n) is 2.30. The first-order chi connectivity index (χ1) is 7.81. The van der Waals surface area contributed by atoms with Crippen molar-refractivity contribution in [3.63, 3.8) is 0 Å². The van der Waals surface area contributed by atoms with Crippen molar-refractivity contribution in [2.75, 3.05) is 17.9 Å². The largest absolute Gasteiger partial charge is 0.399 e. The summed E-state index contributed by atoms with van der Waals surface area (Å²) in [5, 5.41) is 1.75. The second-order valence-electron chi connectivity index (χ2n) is 3.40. The van der Waals surface area contributed by atoms with Crippen LogP contribution in [0.5, 0.6) is 0 Å². The van der Waals surface area contributed by atoms with Crippen LogP contribution in [0.1, 0.15) is 0 Å². The number of nitrogens with zero attached hydrogens (tertiary/aromatic N) is 1. The normalized spacial score (nSPS) is 10.1. The maximum atomic E-state index is 5.65. The van der Waals surface area contributed by atoms with Crippen LogP contribution in [0.4, 0.5) is 17.1 Å². The van der Waals surface area contributed by atoms with Crippen LogP contribution in [0, 0.1) is 0 Å². The van der Waals surface area contributed by atoms with Crippen LogP contribution in [-0.4, -0.2) is 7.11 Å². The van der Waals surface area contributed by atoms with E-state index in [1.807, 2.05) is 54.6 Å². The van der Waals surface area contributed by atoms with Gasteiger partial charge in [0.2, 0.25) is 0 Å². The Kier molecular flexibility index (Phi) is 3.08. The monoisotopic (exact) mass is 214 g/mol. The van der Waals surface area contributed by atoms with E-state index < -0.39 is 0 Å². The Hall–Kier alpha value is -2.00. The quantitative estimate of drug-likeness (QED) is 0.630. The summed E-state index contributed by atoms with van der Waals surface area (Å²) in [5.74, 6) is 0. The standard InChI is InChI=1S/C13H14N2O/c1-16-15(12-5-3-2-4-6-12)13-9-7-11(14)8-10-13/h2-10H,14H2,1H3. The van der Waals surface area contributed by atoms with Crippen LogP contribution in [-0.2, 0) is 4.84 Å². The van der Waals surface area contributed by atoms with Gasteiger partial charge in [-0.05, 0) is 36.4 Å². The molecule has 0 spiro atoms. The highest BCUT2D eigenvalue weighted by atomic mass is 16.7. The van der Waals surface area contributed by atoms with Crippen molar-refractivity contribution in [3.05, 3.63) is 54.6 Å². The average molecular weight is 214 g/mol. The second-order valence-corrected chi connectivity index (χ2v) is 3.40. The van der Waals surface area contributed by atoms with E-state index in [2.05, 4.69) is 0 Å². The van der Waals surface area contributed by atoms with E-state index in [1.54, 1.807) is 12.2 Å². The van der Waals surface area contributed by atoms with Crippen LogP contribution in [0.2, 0.25) is 0 Å². The van der Waals surface area contributed by atoms with Crippen molar-refractivity contribution in [1.29, 1.82) is 0 Å². The highest BCUT2D eigenvalue weighted by Crippen LogP contribution is 2.25. The van der Waals surface area contributed by atoms with Gasteiger partial charge in [-0.25, -0.2) is 5.06 Å². The number of anilines is 3. The number of benzene rings is 2. The molecular formula is C13H14N2O. The fraction of sp³-hybridized carbons (Fsp3) is 0.0769. The van der Waals surface area contributed by atoms with Crippen molar-refractivity contribution in [3.8, 4) is 0 Å². The minimum absolute atomic E-state index is 0.743. The molecule has 0 atom stereocenters. The molecule has 0 aliphatic heterocycles. The molecular weight excluding hydrogens is 200 g/mol. The van der Waals surface area contributed by atoms with Crippen molar-refractivity contribution < 1.29 is 4.84 Å². The molecule has 3 heteroatoms. The van der Waals surface area contributed by atoms with Gasteiger partial charge in [0, 0.05) is 5.69 Å². The predicted molar refractivity (Wildman–Crippen MR) is 66.4 cm³/mol. The Balaban J connectivity index is 2.33. The summed E-state index contributed by atoms with van der Waals surface area (Å²) in [7, 11) is 1.64. The minimum atomic E-state index is 0.743. The Morgan fingerprint density at radius 1 is 0.875 bits per heavy atom. The SMILES string of the molecule is CON(c1ccccc1)c1ccc(N)cc1. The lowest BCUT2D eigenvalue weighted by molar-refractivity contribution is 0.201. The molecule has 0 aliphatic carbocycles. The topological polar surface area (TPSA) is 38.5 Å². The summed E-state index contributed by atoms with van der Waals surface area (Å²) < 4.78 is 0. The van der Waals surface area contributed by atoms with Crippen molar-refractivity contribution in [2.24, 2.45) is 0 Å². The molecule has 2 rings (SSSR count). The van der Waals surface area contributed by atoms with Gasteiger partial charge < -0.3 is 5.73 Å². The average Bonchev–Trinajstić information content (AvgIpc) is 2.34. The minimum Gasteiger partial charge on any atom is -0.399 e. The summed E-state index contributed by atoms with van der Waals surface area (Å²) in [4.78, 5) is 5.35. The van der Waals surface area contributed by atoms with Crippen LogP contribution in [0.15, 0.2) is 54.6 Å². The van der Waals surface area contributed by atoms with Gasteiger partial charge >= 0.3 is 0 Å². The molecule has 0 fully saturated rings. The number of nitrogens with two attached hydrogens (primary N) is 1. The fourth-order valence-corrected chi connectivity index (χ4v) is 1.53. The Morgan fingerprint density at radius 2 is 1.44 bits per heavy atom. The van der Waals surface area contributed by atoms with E-state index in [0.717, 1.165) is 17.1 Å². The third-order valence-corrected chi connectivity index (χ3v) is 2.30. The molecule has 0 saturated heterocycles. The van der Waals surface area contributed by atoms with E-state index in [1.165, 1.54) is 0 Å². The first-order valence-electron chi connectivity index (χ1n) is 5.06. The summed E-state index contributed by atoms with van der Waals surface area (Å²) >= 11 is 0. The lowest BCUT2D eigenvalue weighted by Gasteiger charge is -2.21. The van der Waals surface area contributed by atoms with Gasteiger partial charge in [-0.3, -0.25) is 4.84 Å². The first kappa shape index (κ1) is 10.5. The maximum Gasteiger partial charge on any atom is 0.0696 e. The first-order valence-corrected chi connectivity index (χ1v) is 5.06. The van der Waals surface area contributed by atoms with Gasteiger partial charge in [0.05, 0.1) is 18.5 Å². The summed E-state index contributed by atoms with van der Waals surface area (Å²) in [6.45, 7) is 0. The lowest BCUT2D eigenvalue weighted by atomic mass is 10.2. The van der Waals surface area contributed by atoms with Crippen molar-refractivity contribution >= 4 is 17.1 Å². The smallest absolute Gasteiger partial charge is 0.0696 e. The summed E-state index contributed by atoms with van der Waals surface area (Å²) in [6.07, 6.45) is 0. The lowest BCUT2D eigenvalue weighted by Crippen LogP contribution is -2.14. The molecule has 3 nitrogen and oxygen atoms in total.